The van der Waals surface area contributed by atoms with Crippen LogP contribution in [-0.4, -0.2) is 40.9 Å². The molecule has 0 aliphatic rings. The number of aliphatic hydroxyl groups is 1. The van der Waals surface area contributed by atoms with Gasteiger partial charge in [-0.2, -0.15) is 4.98 Å². The molecule has 1 amide bonds. The molecule has 0 spiro atoms. The molecule has 0 saturated heterocycles. The van der Waals surface area contributed by atoms with Crippen LogP contribution in [0.15, 0.2) is 24.3 Å². The summed E-state index contributed by atoms with van der Waals surface area (Å²) in [4.78, 5) is 20.2. The van der Waals surface area contributed by atoms with Crippen molar-refractivity contribution in [1.29, 1.82) is 0 Å². The van der Waals surface area contributed by atoms with Crippen LogP contribution < -0.4 is 10.6 Å². The maximum atomic E-state index is 11.4. The molecule has 0 unspecified atom stereocenters. The predicted octanol–water partition coefficient (Wildman–Crippen LogP) is 3.16. The molecule has 0 aliphatic heterocycles. The highest BCUT2D eigenvalue weighted by molar-refractivity contribution is 5.92. The van der Waals surface area contributed by atoms with Gasteiger partial charge in [0.15, 0.2) is 0 Å². The van der Waals surface area contributed by atoms with E-state index in [1.165, 1.54) is 7.11 Å². The van der Waals surface area contributed by atoms with Gasteiger partial charge in [0.25, 0.3) is 0 Å². The molecule has 0 fully saturated rings. The van der Waals surface area contributed by atoms with E-state index in [2.05, 4.69) is 32.3 Å². The van der Waals surface area contributed by atoms with Crippen molar-refractivity contribution in [3.05, 3.63) is 24.3 Å². The molecule has 1 atom stereocenters. The third-order valence-electron chi connectivity index (χ3n) is 3.73. The number of para-hydroxylation sites is 1. The number of carbonyl (C=O) groups excluding carboxylic acids is 1. The Morgan fingerprint density at radius 2 is 2.08 bits per heavy atom. The van der Waals surface area contributed by atoms with Crippen LogP contribution >= 0.6 is 0 Å². The van der Waals surface area contributed by atoms with E-state index in [4.69, 9.17) is 0 Å². The maximum absolute atomic E-state index is 11.4. The lowest BCUT2D eigenvalue weighted by Gasteiger charge is -2.19. The zero-order chi connectivity index (χ0) is 17.4. The molecule has 0 bridgehead atoms. The molecule has 0 saturated carbocycles. The predicted molar refractivity (Wildman–Crippen MR) is 94.2 cm³/mol. The highest BCUT2D eigenvalue weighted by Gasteiger charge is 2.14. The third-order valence-corrected chi connectivity index (χ3v) is 3.73. The number of nitrogens with zero attached hydrogens (tertiary/aromatic N) is 2. The van der Waals surface area contributed by atoms with Gasteiger partial charge in [0.2, 0.25) is 5.95 Å². The van der Waals surface area contributed by atoms with Crippen molar-refractivity contribution in [3.63, 3.8) is 0 Å². The van der Waals surface area contributed by atoms with Crippen LogP contribution in [-0.2, 0) is 4.74 Å². The van der Waals surface area contributed by atoms with Gasteiger partial charge in [-0.15, -0.1) is 0 Å². The number of methoxy groups -OCH3 is 1. The van der Waals surface area contributed by atoms with Crippen LogP contribution in [0, 0.1) is 0 Å². The lowest BCUT2D eigenvalue weighted by Crippen LogP contribution is -2.22. The van der Waals surface area contributed by atoms with Gasteiger partial charge in [0.05, 0.1) is 12.6 Å². The van der Waals surface area contributed by atoms with Crippen LogP contribution in [0.2, 0.25) is 0 Å². The Morgan fingerprint density at radius 1 is 1.29 bits per heavy atom. The molecule has 1 aromatic carbocycles. The number of carbonyl (C=O) groups is 1. The minimum absolute atomic E-state index is 0.109. The van der Waals surface area contributed by atoms with Gasteiger partial charge in [-0.05, 0) is 25.0 Å². The molecule has 0 aliphatic carbocycles. The Bertz CT molecular complexity index is 678. The molecule has 7 heteroatoms. The highest BCUT2D eigenvalue weighted by atomic mass is 16.5. The average molecular weight is 332 g/mol. The summed E-state index contributed by atoms with van der Waals surface area (Å²) in [5.74, 6) is 0.822. The van der Waals surface area contributed by atoms with Crippen molar-refractivity contribution in [1.82, 2.24) is 9.97 Å². The molecule has 2 rings (SSSR count). The molecular formula is C17H24N4O3. The Balaban J connectivity index is 2.32. The first-order valence-electron chi connectivity index (χ1n) is 8.17. The molecule has 0 radical (unpaired) electrons. The van der Waals surface area contributed by atoms with Gasteiger partial charge in [0.1, 0.15) is 5.82 Å². The number of amides is 1. The number of ether oxygens (including phenoxy) is 1. The van der Waals surface area contributed by atoms with E-state index in [0.717, 1.165) is 30.2 Å². The average Bonchev–Trinajstić information content (AvgIpc) is 2.59. The van der Waals surface area contributed by atoms with E-state index in [0.29, 0.717) is 12.2 Å². The Kier molecular flexibility index (Phi) is 6.74. The zero-order valence-corrected chi connectivity index (χ0v) is 14.1. The van der Waals surface area contributed by atoms with Crippen LogP contribution in [0.4, 0.5) is 16.6 Å². The second kappa shape index (κ2) is 9.02. The second-order valence-corrected chi connectivity index (χ2v) is 5.53. The number of aliphatic hydroxyl groups excluding tert-OH is 1. The summed E-state index contributed by atoms with van der Waals surface area (Å²) in [5.41, 5.74) is 0.722. The molecule has 1 aromatic heterocycles. The minimum Gasteiger partial charge on any atom is -0.453 e. The first-order chi connectivity index (χ1) is 11.7. The lowest BCUT2D eigenvalue weighted by atomic mass is 10.1. The second-order valence-electron chi connectivity index (χ2n) is 5.53. The minimum atomic E-state index is -0.617. The topological polar surface area (TPSA) is 96.4 Å². The number of anilines is 2. The summed E-state index contributed by atoms with van der Waals surface area (Å²) >= 11 is 0. The summed E-state index contributed by atoms with van der Waals surface area (Å²) < 4.78 is 4.60. The van der Waals surface area contributed by atoms with Crippen LogP contribution in [0.25, 0.3) is 10.9 Å². The number of unbranched alkanes of at least 4 members (excludes halogenated alkanes) is 1. The van der Waals surface area contributed by atoms with E-state index >= 15 is 0 Å². The number of fused-ring (bicyclic) bond motifs is 1. The number of aromatic nitrogens is 2. The zero-order valence-electron chi connectivity index (χ0n) is 14.1. The van der Waals surface area contributed by atoms with Crippen LogP contribution in [0.1, 0.15) is 32.6 Å². The van der Waals surface area contributed by atoms with Crippen molar-refractivity contribution < 1.29 is 14.6 Å². The number of rotatable bonds is 8. The number of hydrogen-bond donors (Lipinski definition) is 3. The Hall–Kier alpha value is -2.41. The third kappa shape index (κ3) is 4.79. The van der Waals surface area contributed by atoms with E-state index in [1.807, 2.05) is 24.3 Å². The number of hydrogen-bond acceptors (Lipinski definition) is 6. The van der Waals surface area contributed by atoms with Gasteiger partial charge < -0.3 is 15.2 Å². The normalized spacial score (nSPS) is 12.0. The Labute approximate surface area is 141 Å². The standard InChI is InChI=1S/C17H24N4O3/c1-3-4-7-12(10-11-22)18-15-13-8-5-6-9-14(13)19-16(20-15)21-17(23)24-2/h5-6,8-9,12,22H,3-4,7,10-11H2,1-2H3,(H2,18,19,20,21,23)/t12-/m0/s1. The summed E-state index contributed by atoms with van der Waals surface area (Å²) in [6.07, 6.45) is 3.11. The summed E-state index contributed by atoms with van der Waals surface area (Å²) in [6, 6.07) is 7.69. The molecule has 2 aromatic rings. The molecule has 7 nitrogen and oxygen atoms in total. The maximum Gasteiger partial charge on any atom is 0.413 e. The fourth-order valence-corrected chi connectivity index (χ4v) is 2.47. The number of nitrogens with one attached hydrogen (secondary N) is 2. The van der Waals surface area contributed by atoms with E-state index in [1.54, 1.807) is 0 Å². The summed E-state index contributed by atoms with van der Waals surface area (Å²) in [5, 5.41) is 16.0. The smallest absolute Gasteiger partial charge is 0.413 e. The first kappa shape index (κ1) is 17.9. The summed E-state index contributed by atoms with van der Waals surface area (Å²) in [7, 11) is 1.29. The monoisotopic (exact) mass is 332 g/mol. The molecular weight excluding hydrogens is 308 g/mol. The SMILES string of the molecule is CCCC[C@@H](CCO)Nc1nc(NC(=O)OC)nc2ccccc12. The summed E-state index contributed by atoms with van der Waals surface area (Å²) in [6.45, 7) is 2.24. The van der Waals surface area contributed by atoms with Crippen molar-refractivity contribution in [3.8, 4) is 0 Å². The van der Waals surface area contributed by atoms with Crippen LogP contribution in [0.5, 0.6) is 0 Å². The fraction of sp³-hybridized carbons (Fsp3) is 0.471. The highest BCUT2D eigenvalue weighted by Crippen LogP contribution is 2.24. The fourth-order valence-electron chi connectivity index (χ4n) is 2.47. The molecule has 3 N–H and O–H groups in total. The van der Waals surface area contributed by atoms with Crippen LogP contribution in [0.3, 0.4) is 0 Å². The van der Waals surface area contributed by atoms with Gasteiger partial charge in [-0.25, -0.2) is 9.78 Å². The van der Waals surface area contributed by atoms with E-state index in [-0.39, 0.29) is 18.6 Å². The van der Waals surface area contributed by atoms with E-state index in [9.17, 15) is 9.90 Å². The van der Waals surface area contributed by atoms with Crippen molar-refractivity contribution >= 4 is 28.8 Å². The molecule has 130 valence electrons. The first-order valence-corrected chi connectivity index (χ1v) is 8.17. The van der Waals surface area contributed by atoms with Crippen molar-refractivity contribution in [2.45, 2.75) is 38.6 Å². The Morgan fingerprint density at radius 3 is 2.79 bits per heavy atom. The molecule has 24 heavy (non-hydrogen) atoms. The lowest BCUT2D eigenvalue weighted by molar-refractivity contribution is 0.186. The van der Waals surface area contributed by atoms with Crippen molar-refractivity contribution in [2.75, 3.05) is 24.4 Å². The largest absolute Gasteiger partial charge is 0.453 e. The van der Waals surface area contributed by atoms with Gasteiger partial charge in [0, 0.05) is 18.0 Å². The van der Waals surface area contributed by atoms with Gasteiger partial charge in [-0.1, -0.05) is 31.9 Å². The van der Waals surface area contributed by atoms with Crippen molar-refractivity contribution in [2.24, 2.45) is 0 Å². The van der Waals surface area contributed by atoms with Gasteiger partial charge >= 0.3 is 6.09 Å². The van der Waals surface area contributed by atoms with Gasteiger partial charge in [-0.3, -0.25) is 5.32 Å². The molecule has 1 heterocycles. The quantitative estimate of drug-likeness (QED) is 0.687. The number of benzene rings is 1. The van der Waals surface area contributed by atoms with E-state index < -0.39 is 6.09 Å².